The highest BCUT2D eigenvalue weighted by atomic mass is 16.4. The van der Waals surface area contributed by atoms with Crippen LogP contribution in [0.25, 0.3) is 11.6 Å². The molecule has 1 N–H and O–H groups in total. The molecule has 0 saturated carbocycles. The largest absolute Gasteiger partial charge is 0.478 e. The molecule has 2 aromatic rings. The van der Waals surface area contributed by atoms with Gasteiger partial charge in [-0.05, 0) is 35.1 Å². The SMILES string of the molecule is CC(C)Cc1ccc(/C=C(/C(=O)O)c2ccccc2)cc1. The van der Waals surface area contributed by atoms with E-state index in [1.165, 1.54) is 5.56 Å². The zero-order chi connectivity index (χ0) is 15.2. The van der Waals surface area contributed by atoms with E-state index in [1.807, 2.05) is 42.5 Å². The fourth-order valence-electron chi connectivity index (χ4n) is 2.27. The van der Waals surface area contributed by atoms with Crippen molar-refractivity contribution >= 4 is 17.6 Å². The molecule has 2 nitrogen and oxygen atoms in total. The van der Waals surface area contributed by atoms with Gasteiger partial charge in [-0.25, -0.2) is 4.79 Å². The van der Waals surface area contributed by atoms with Crippen molar-refractivity contribution in [2.45, 2.75) is 20.3 Å². The van der Waals surface area contributed by atoms with Crippen molar-refractivity contribution in [2.24, 2.45) is 5.92 Å². The van der Waals surface area contributed by atoms with Crippen molar-refractivity contribution in [1.82, 2.24) is 0 Å². The van der Waals surface area contributed by atoms with Crippen molar-refractivity contribution < 1.29 is 9.90 Å². The molecule has 0 aromatic heterocycles. The van der Waals surface area contributed by atoms with Gasteiger partial charge in [0.05, 0.1) is 5.57 Å². The minimum atomic E-state index is -0.910. The third-order valence-electron chi connectivity index (χ3n) is 3.25. The van der Waals surface area contributed by atoms with E-state index in [0.29, 0.717) is 11.5 Å². The maximum absolute atomic E-state index is 11.4. The Balaban J connectivity index is 2.29. The molecule has 0 atom stereocenters. The molecule has 0 aliphatic heterocycles. The fourth-order valence-corrected chi connectivity index (χ4v) is 2.27. The number of benzene rings is 2. The Morgan fingerprint density at radius 1 is 1.05 bits per heavy atom. The second-order valence-electron chi connectivity index (χ2n) is 5.57. The van der Waals surface area contributed by atoms with Crippen LogP contribution in [0.5, 0.6) is 0 Å². The first-order chi connectivity index (χ1) is 10.1. The molecule has 0 spiro atoms. The minimum absolute atomic E-state index is 0.312. The van der Waals surface area contributed by atoms with E-state index >= 15 is 0 Å². The summed E-state index contributed by atoms with van der Waals surface area (Å²) < 4.78 is 0. The Bertz CT molecular complexity index is 622. The van der Waals surface area contributed by atoms with Crippen molar-refractivity contribution in [3.8, 4) is 0 Å². The number of hydrogen-bond acceptors (Lipinski definition) is 1. The second kappa shape index (κ2) is 6.89. The van der Waals surface area contributed by atoms with Crippen LogP contribution in [0.3, 0.4) is 0 Å². The molecule has 2 rings (SSSR count). The molecule has 2 aromatic carbocycles. The van der Waals surface area contributed by atoms with E-state index < -0.39 is 5.97 Å². The van der Waals surface area contributed by atoms with Gasteiger partial charge >= 0.3 is 5.97 Å². The summed E-state index contributed by atoms with van der Waals surface area (Å²) in [5.41, 5.74) is 3.21. The van der Waals surface area contributed by atoms with E-state index in [9.17, 15) is 9.90 Å². The van der Waals surface area contributed by atoms with Crippen LogP contribution in [0.2, 0.25) is 0 Å². The molecule has 0 radical (unpaired) electrons. The van der Waals surface area contributed by atoms with Crippen LogP contribution >= 0.6 is 0 Å². The smallest absolute Gasteiger partial charge is 0.336 e. The summed E-state index contributed by atoms with van der Waals surface area (Å²) in [5, 5.41) is 9.39. The molecule has 0 aliphatic rings. The van der Waals surface area contributed by atoms with Crippen molar-refractivity contribution in [3.05, 3.63) is 71.3 Å². The van der Waals surface area contributed by atoms with E-state index in [0.717, 1.165) is 17.5 Å². The summed E-state index contributed by atoms with van der Waals surface area (Å²) in [4.78, 5) is 11.4. The van der Waals surface area contributed by atoms with Crippen LogP contribution in [-0.4, -0.2) is 11.1 Å². The Morgan fingerprint density at radius 3 is 2.19 bits per heavy atom. The van der Waals surface area contributed by atoms with Gasteiger partial charge in [-0.1, -0.05) is 68.4 Å². The fraction of sp³-hybridized carbons (Fsp3) is 0.211. The zero-order valence-electron chi connectivity index (χ0n) is 12.4. The molecule has 0 amide bonds. The molecule has 0 aliphatic carbocycles. The molecule has 0 saturated heterocycles. The Hall–Kier alpha value is -2.35. The van der Waals surface area contributed by atoms with Gasteiger partial charge in [-0.15, -0.1) is 0 Å². The average Bonchev–Trinajstić information content (AvgIpc) is 2.46. The highest BCUT2D eigenvalue weighted by Crippen LogP contribution is 2.19. The molecule has 108 valence electrons. The molecule has 21 heavy (non-hydrogen) atoms. The highest BCUT2D eigenvalue weighted by molar-refractivity contribution is 6.20. The Morgan fingerprint density at radius 2 is 1.67 bits per heavy atom. The topological polar surface area (TPSA) is 37.3 Å². The Kier molecular flexibility index (Phi) is 4.94. The molecule has 0 unspecified atom stereocenters. The second-order valence-corrected chi connectivity index (χ2v) is 5.57. The maximum Gasteiger partial charge on any atom is 0.336 e. The Labute approximate surface area is 125 Å². The molecular weight excluding hydrogens is 260 g/mol. The first-order valence-corrected chi connectivity index (χ1v) is 7.15. The number of carboxylic acids is 1. The maximum atomic E-state index is 11.4. The van der Waals surface area contributed by atoms with Gasteiger partial charge < -0.3 is 5.11 Å². The number of carboxylic acid groups (broad SMARTS) is 1. The van der Waals surface area contributed by atoms with Crippen LogP contribution in [0.4, 0.5) is 0 Å². The molecule has 0 heterocycles. The normalized spacial score (nSPS) is 11.7. The number of hydrogen-bond donors (Lipinski definition) is 1. The first kappa shape index (κ1) is 15.0. The summed E-state index contributed by atoms with van der Waals surface area (Å²) in [7, 11) is 0. The third kappa shape index (κ3) is 4.32. The lowest BCUT2D eigenvalue weighted by atomic mass is 9.99. The van der Waals surface area contributed by atoms with E-state index in [1.54, 1.807) is 6.08 Å². The van der Waals surface area contributed by atoms with Gasteiger partial charge in [0.25, 0.3) is 0 Å². The highest BCUT2D eigenvalue weighted by Gasteiger charge is 2.09. The number of rotatable bonds is 5. The average molecular weight is 280 g/mol. The van der Waals surface area contributed by atoms with Gasteiger partial charge in [0, 0.05) is 0 Å². The molecule has 0 bridgehead atoms. The van der Waals surface area contributed by atoms with E-state index in [-0.39, 0.29) is 0 Å². The van der Waals surface area contributed by atoms with Crippen LogP contribution in [0.1, 0.15) is 30.5 Å². The standard InChI is InChI=1S/C19H20O2/c1-14(2)12-15-8-10-16(11-9-15)13-18(19(20)21)17-6-4-3-5-7-17/h3-11,13-14H,12H2,1-2H3,(H,20,21)/b18-13+. The summed E-state index contributed by atoms with van der Waals surface area (Å²) in [6.07, 6.45) is 2.76. The predicted molar refractivity (Wildman–Crippen MR) is 86.9 cm³/mol. The monoisotopic (exact) mass is 280 g/mol. The van der Waals surface area contributed by atoms with Crippen LogP contribution < -0.4 is 0 Å². The van der Waals surface area contributed by atoms with Gasteiger partial charge in [-0.3, -0.25) is 0 Å². The van der Waals surface area contributed by atoms with Crippen LogP contribution in [0.15, 0.2) is 54.6 Å². The summed E-state index contributed by atoms with van der Waals surface area (Å²) >= 11 is 0. The molecular formula is C19H20O2. The lowest BCUT2D eigenvalue weighted by Crippen LogP contribution is -1.99. The van der Waals surface area contributed by atoms with E-state index in [4.69, 9.17) is 0 Å². The third-order valence-corrected chi connectivity index (χ3v) is 3.25. The zero-order valence-corrected chi connectivity index (χ0v) is 12.4. The summed E-state index contributed by atoms with van der Waals surface area (Å²) in [6.45, 7) is 4.37. The van der Waals surface area contributed by atoms with Crippen molar-refractivity contribution in [2.75, 3.05) is 0 Å². The summed E-state index contributed by atoms with van der Waals surface area (Å²) in [6, 6.07) is 17.3. The van der Waals surface area contributed by atoms with Gasteiger partial charge in [-0.2, -0.15) is 0 Å². The number of aliphatic carboxylic acids is 1. The number of carbonyl (C=O) groups is 1. The quantitative estimate of drug-likeness (QED) is 0.646. The van der Waals surface area contributed by atoms with E-state index in [2.05, 4.69) is 26.0 Å². The van der Waals surface area contributed by atoms with Gasteiger partial charge in [0.15, 0.2) is 0 Å². The molecule has 2 heteroatoms. The first-order valence-electron chi connectivity index (χ1n) is 7.15. The lowest BCUT2D eigenvalue weighted by molar-refractivity contribution is -0.130. The van der Waals surface area contributed by atoms with Crippen LogP contribution in [-0.2, 0) is 11.2 Å². The minimum Gasteiger partial charge on any atom is -0.478 e. The van der Waals surface area contributed by atoms with Gasteiger partial charge in [0.2, 0.25) is 0 Å². The van der Waals surface area contributed by atoms with Crippen molar-refractivity contribution in [3.63, 3.8) is 0 Å². The lowest BCUT2D eigenvalue weighted by Gasteiger charge is -2.06. The van der Waals surface area contributed by atoms with Crippen LogP contribution in [0, 0.1) is 5.92 Å². The predicted octanol–water partition coefficient (Wildman–Crippen LogP) is 4.51. The van der Waals surface area contributed by atoms with Crippen molar-refractivity contribution in [1.29, 1.82) is 0 Å². The van der Waals surface area contributed by atoms with Gasteiger partial charge in [0.1, 0.15) is 0 Å². The molecule has 0 fully saturated rings. The summed E-state index contributed by atoms with van der Waals surface area (Å²) in [5.74, 6) is -0.294.